The highest BCUT2D eigenvalue weighted by Gasteiger charge is 2.09. The molecule has 7 heteroatoms. The van der Waals surface area contributed by atoms with Crippen molar-refractivity contribution >= 4 is 29.3 Å². The third-order valence-electron chi connectivity index (χ3n) is 2.41. The van der Waals surface area contributed by atoms with Crippen LogP contribution in [0.4, 0.5) is 16.4 Å². The second kappa shape index (κ2) is 5.62. The molecule has 0 radical (unpaired) electrons. The number of anilines is 2. The summed E-state index contributed by atoms with van der Waals surface area (Å²) in [5.41, 5.74) is 0.573. The average molecular weight is 281 g/mol. The molecule has 1 aromatic carbocycles. The number of urea groups is 1. The molecule has 0 fully saturated rings. The van der Waals surface area contributed by atoms with Gasteiger partial charge >= 0.3 is 6.03 Å². The van der Waals surface area contributed by atoms with Gasteiger partial charge < -0.3 is 15.0 Å². The van der Waals surface area contributed by atoms with E-state index in [0.717, 1.165) is 0 Å². The van der Waals surface area contributed by atoms with Crippen LogP contribution in [0.1, 0.15) is 6.92 Å². The van der Waals surface area contributed by atoms with Crippen LogP contribution in [-0.2, 0) is 6.54 Å². The Labute approximate surface area is 115 Å². The fourth-order valence-corrected chi connectivity index (χ4v) is 1.76. The van der Waals surface area contributed by atoms with Gasteiger partial charge in [-0.25, -0.2) is 4.79 Å². The number of carbonyl (C=O) groups excluding carboxylic acids is 1. The molecule has 0 spiro atoms. The molecule has 0 aliphatic heterocycles. The highest BCUT2D eigenvalue weighted by molar-refractivity contribution is 6.30. The third kappa shape index (κ3) is 3.38. The van der Waals surface area contributed by atoms with Gasteiger partial charge in [0, 0.05) is 17.3 Å². The standard InChI is InChI=1S/C12H13ClN4O2/c1-2-17-7-10(18)15-11(17)16-12(19)14-9-5-3-4-8(13)6-9/h3-7,18H,2H2,1H3,(H2,14,15,16,19). The zero-order chi connectivity index (χ0) is 13.8. The number of rotatable bonds is 3. The largest absolute Gasteiger partial charge is 0.492 e. The summed E-state index contributed by atoms with van der Waals surface area (Å²) < 4.78 is 1.62. The number of hydrogen-bond acceptors (Lipinski definition) is 3. The maximum absolute atomic E-state index is 11.8. The van der Waals surface area contributed by atoms with Crippen LogP contribution in [0, 0.1) is 0 Å². The van der Waals surface area contributed by atoms with Crippen LogP contribution < -0.4 is 10.6 Å². The van der Waals surface area contributed by atoms with E-state index in [9.17, 15) is 9.90 Å². The average Bonchev–Trinajstić information content (AvgIpc) is 2.69. The number of nitrogens with zero attached hydrogens (tertiary/aromatic N) is 2. The maximum atomic E-state index is 11.8. The monoisotopic (exact) mass is 280 g/mol. The molecule has 2 aromatic rings. The van der Waals surface area contributed by atoms with E-state index in [0.29, 0.717) is 17.3 Å². The fourth-order valence-electron chi connectivity index (χ4n) is 1.57. The van der Waals surface area contributed by atoms with Crippen molar-refractivity contribution in [1.82, 2.24) is 9.55 Å². The number of nitrogens with one attached hydrogen (secondary N) is 2. The van der Waals surface area contributed by atoms with E-state index >= 15 is 0 Å². The highest BCUT2D eigenvalue weighted by Crippen LogP contribution is 2.16. The maximum Gasteiger partial charge on any atom is 0.326 e. The summed E-state index contributed by atoms with van der Waals surface area (Å²) in [6.45, 7) is 2.46. The predicted molar refractivity (Wildman–Crippen MR) is 73.7 cm³/mol. The molecule has 1 aromatic heterocycles. The Balaban J connectivity index is 2.05. The Morgan fingerprint density at radius 1 is 1.47 bits per heavy atom. The molecule has 3 N–H and O–H groups in total. The van der Waals surface area contributed by atoms with E-state index in [4.69, 9.17) is 11.6 Å². The van der Waals surface area contributed by atoms with Gasteiger partial charge in [-0.3, -0.25) is 5.32 Å². The molecule has 0 unspecified atom stereocenters. The van der Waals surface area contributed by atoms with E-state index in [1.807, 2.05) is 6.92 Å². The lowest BCUT2D eigenvalue weighted by molar-refractivity contribution is 0.262. The van der Waals surface area contributed by atoms with Crippen molar-refractivity contribution in [3.63, 3.8) is 0 Å². The summed E-state index contributed by atoms with van der Waals surface area (Å²) in [7, 11) is 0. The van der Waals surface area contributed by atoms with Crippen molar-refractivity contribution in [2.24, 2.45) is 0 Å². The zero-order valence-corrected chi connectivity index (χ0v) is 11.0. The third-order valence-corrected chi connectivity index (χ3v) is 2.65. The molecule has 2 rings (SSSR count). The molecule has 100 valence electrons. The highest BCUT2D eigenvalue weighted by atomic mass is 35.5. The Morgan fingerprint density at radius 2 is 2.26 bits per heavy atom. The molecular formula is C12H13ClN4O2. The molecule has 6 nitrogen and oxygen atoms in total. The Bertz CT molecular complexity index is 597. The molecule has 1 heterocycles. The van der Waals surface area contributed by atoms with Crippen LogP contribution in [0.25, 0.3) is 0 Å². The molecule has 0 saturated carbocycles. The Kier molecular flexibility index (Phi) is 3.91. The fraction of sp³-hybridized carbons (Fsp3) is 0.167. The van der Waals surface area contributed by atoms with Crippen LogP contribution in [0.15, 0.2) is 30.5 Å². The summed E-state index contributed by atoms with van der Waals surface area (Å²) in [6, 6.07) is 6.34. The number of aromatic hydroxyl groups is 1. The quantitative estimate of drug-likeness (QED) is 0.809. The van der Waals surface area contributed by atoms with Gasteiger partial charge in [-0.05, 0) is 25.1 Å². The topological polar surface area (TPSA) is 79.2 Å². The van der Waals surface area contributed by atoms with Gasteiger partial charge in [0.1, 0.15) is 0 Å². The van der Waals surface area contributed by atoms with E-state index in [-0.39, 0.29) is 11.8 Å². The number of hydrogen-bond donors (Lipinski definition) is 3. The molecular weight excluding hydrogens is 268 g/mol. The van der Waals surface area contributed by atoms with Gasteiger partial charge in [-0.1, -0.05) is 17.7 Å². The van der Waals surface area contributed by atoms with Gasteiger partial charge in [0.15, 0.2) is 0 Å². The van der Waals surface area contributed by atoms with Crippen molar-refractivity contribution in [1.29, 1.82) is 0 Å². The van der Waals surface area contributed by atoms with Gasteiger partial charge in [0.2, 0.25) is 11.8 Å². The summed E-state index contributed by atoms with van der Waals surface area (Å²) in [5, 5.41) is 15.0. The number of carbonyl (C=O) groups is 1. The summed E-state index contributed by atoms with van der Waals surface area (Å²) in [5.74, 6) is 0.138. The molecule has 2 amide bonds. The van der Waals surface area contributed by atoms with Crippen LogP contribution in [-0.4, -0.2) is 20.7 Å². The molecule has 0 bridgehead atoms. The zero-order valence-electron chi connectivity index (χ0n) is 10.2. The Morgan fingerprint density at radius 3 is 2.95 bits per heavy atom. The smallest absolute Gasteiger partial charge is 0.326 e. The van der Waals surface area contributed by atoms with Crippen molar-refractivity contribution in [2.75, 3.05) is 10.6 Å². The minimum Gasteiger partial charge on any atom is -0.492 e. The minimum absolute atomic E-state index is 0.139. The van der Waals surface area contributed by atoms with E-state index in [2.05, 4.69) is 15.6 Å². The van der Waals surface area contributed by atoms with Crippen molar-refractivity contribution in [3.8, 4) is 5.88 Å². The summed E-state index contributed by atoms with van der Waals surface area (Å²) in [6.07, 6.45) is 1.44. The second-order valence-electron chi connectivity index (χ2n) is 3.80. The molecule has 0 aliphatic rings. The summed E-state index contributed by atoms with van der Waals surface area (Å²) in [4.78, 5) is 15.6. The van der Waals surface area contributed by atoms with Gasteiger partial charge in [-0.15, -0.1) is 0 Å². The first-order valence-electron chi connectivity index (χ1n) is 5.68. The lowest BCUT2D eigenvalue weighted by Crippen LogP contribution is -2.21. The molecule has 0 saturated heterocycles. The van der Waals surface area contributed by atoms with Crippen LogP contribution in [0.5, 0.6) is 5.88 Å². The minimum atomic E-state index is -0.456. The summed E-state index contributed by atoms with van der Waals surface area (Å²) >= 11 is 5.82. The Hall–Kier alpha value is -2.21. The SMILES string of the molecule is CCn1cc(O)nc1NC(=O)Nc1cccc(Cl)c1. The first-order valence-corrected chi connectivity index (χ1v) is 6.06. The van der Waals surface area contributed by atoms with Gasteiger partial charge in [0.05, 0.1) is 6.20 Å². The number of aromatic nitrogens is 2. The molecule has 19 heavy (non-hydrogen) atoms. The number of imidazole rings is 1. The second-order valence-corrected chi connectivity index (χ2v) is 4.23. The van der Waals surface area contributed by atoms with Crippen LogP contribution in [0.3, 0.4) is 0 Å². The van der Waals surface area contributed by atoms with Crippen LogP contribution in [0.2, 0.25) is 5.02 Å². The van der Waals surface area contributed by atoms with E-state index in [1.54, 1.807) is 28.8 Å². The predicted octanol–water partition coefficient (Wildman–Crippen LogP) is 2.91. The normalized spacial score (nSPS) is 10.2. The number of amides is 2. The van der Waals surface area contributed by atoms with Crippen molar-refractivity contribution in [3.05, 3.63) is 35.5 Å². The van der Waals surface area contributed by atoms with Gasteiger partial charge in [0.25, 0.3) is 0 Å². The number of halogens is 1. The number of aryl methyl sites for hydroxylation is 1. The van der Waals surface area contributed by atoms with E-state index < -0.39 is 6.03 Å². The van der Waals surface area contributed by atoms with Crippen LogP contribution >= 0.6 is 11.6 Å². The lowest BCUT2D eigenvalue weighted by atomic mass is 10.3. The molecule has 0 atom stereocenters. The van der Waals surface area contributed by atoms with E-state index in [1.165, 1.54) is 6.20 Å². The lowest BCUT2D eigenvalue weighted by Gasteiger charge is -2.08. The first kappa shape index (κ1) is 13.2. The molecule has 0 aliphatic carbocycles. The number of benzene rings is 1. The van der Waals surface area contributed by atoms with Crippen molar-refractivity contribution in [2.45, 2.75) is 13.5 Å². The first-order chi connectivity index (χ1) is 9.08. The van der Waals surface area contributed by atoms with Gasteiger partial charge in [-0.2, -0.15) is 4.98 Å². The van der Waals surface area contributed by atoms with Crippen molar-refractivity contribution < 1.29 is 9.90 Å².